The molecule has 5 heteroatoms. The summed E-state index contributed by atoms with van der Waals surface area (Å²) in [5, 5.41) is 0.937. The lowest BCUT2D eigenvalue weighted by molar-refractivity contribution is 0.415. The minimum atomic E-state index is 0.504. The van der Waals surface area contributed by atoms with Gasteiger partial charge in [0.25, 0.3) is 0 Å². The number of nitrogens with two attached hydrogens (primary N) is 1. The van der Waals surface area contributed by atoms with Crippen molar-refractivity contribution in [2.45, 2.75) is 0 Å². The molecule has 0 amide bonds. The maximum atomic E-state index is 5.68. The maximum absolute atomic E-state index is 5.68. The van der Waals surface area contributed by atoms with Gasteiger partial charge in [0.2, 0.25) is 0 Å². The second kappa shape index (κ2) is 4.27. The Morgan fingerprint density at radius 3 is 2.89 bits per heavy atom. The summed E-state index contributed by atoms with van der Waals surface area (Å²) in [5.41, 5.74) is 7.63. The smallest absolute Gasteiger partial charge is 0.124 e. The van der Waals surface area contributed by atoms with E-state index in [1.165, 1.54) is 0 Å². The van der Waals surface area contributed by atoms with Gasteiger partial charge in [-0.15, -0.1) is 11.3 Å². The third-order valence-electron chi connectivity index (χ3n) is 2.62. The Labute approximate surface area is 108 Å². The van der Waals surface area contributed by atoms with E-state index in [4.69, 9.17) is 10.5 Å². The predicted molar refractivity (Wildman–Crippen MR) is 73.8 cm³/mol. The normalized spacial score (nSPS) is 10.7. The van der Waals surface area contributed by atoms with E-state index in [1.807, 2.05) is 30.3 Å². The monoisotopic (exact) mass is 257 g/mol. The number of hydrogen-bond acceptors (Lipinski definition) is 5. The molecule has 0 atom stereocenters. The van der Waals surface area contributed by atoms with E-state index < -0.39 is 0 Å². The highest BCUT2D eigenvalue weighted by atomic mass is 32.1. The van der Waals surface area contributed by atoms with E-state index in [0.717, 1.165) is 26.5 Å². The number of hydrogen-bond donors (Lipinski definition) is 1. The standard InChI is InChI=1S/C13H11N3OS/c1-17-9-2-3-10-11(7-9)18-13(16-10)8-4-5-15-12(14)6-8/h2-7H,1H3,(H2,14,15). The largest absolute Gasteiger partial charge is 0.497 e. The number of nitrogens with zero attached hydrogens (tertiary/aromatic N) is 2. The molecule has 2 N–H and O–H groups in total. The average molecular weight is 257 g/mol. The fourth-order valence-corrected chi connectivity index (χ4v) is 2.73. The first-order chi connectivity index (χ1) is 8.76. The van der Waals surface area contributed by atoms with Gasteiger partial charge < -0.3 is 10.5 Å². The van der Waals surface area contributed by atoms with Crippen molar-refractivity contribution in [3.05, 3.63) is 36.5 Å². The van der Waals surface area contributed by atoms with Crippen LogP contribution in [0.5, 0.6) is 5.75 Å². The number of thiazole rings is 1. The predicted octanol–water partition coefficient (Wildman–Crippen LogP) is 2.95. The first kappa shape index (κ1) is 11.0. The lowest BCUT2D eigenvalue weighted by atomic mass is 10.2. The molecule has 4 nitrogen and oxygen atoms in total. The van der Waals surface area contributed by atoms with Crippen molar-refractivity contribution in [3.8, 4) is 16.3 Å². The van der Waals surface area contributed by atoms with Gasteiger partial charge >= 0.3 is 0 Å². The van der Waals surface area contributed by atoms with Crippen LogP contribution in [-0.2, 0) is 0 Å². The molecule has 0 saturated heterocycles. The van der Waals surface area contributed by atoms with Gasteiger partial charge in [0, 0.05) is 11.8 Å². The molecule has 2 heterocycles. The van der Waals surface area contributed by atoms with Crippen molar-refractivity contribution in [2.75, 3.05) is 12.8 Å². The second-order valence-corrected chi connectivity index (χ2v) is 4.85. The molecule has 3 rings (SSSR count). The van der Waals surface area contributed by atoms with E-state index in [2.05, 4.69) is 9.97 Å². The van der Waals surface area contributed by atoms with Crippen LogP contribution in [0.15, 0.2) is 36.5 Å². The molecule has 18 heavy (non-hydrogen) atoms. The number of benzene rings is 1. The quantitative estimate of drug-likeness (QED) is 0.766. The zero-order valence-electron chi connectivity index (χ0n) is 9.75. The summed E-state index contributed by atoms with van der Waals surface area (Å²) in [6.45, 7) is 0. The molecule has 0 fully saturated rings. The molecule has 0 unspecified atom stereocenters. The second-order valence-electron chi connectivity index (χ2n) is 3.82. The molecule has 0 spiro atoms. The molecule has 0 bridgehead atoms. The number of ether oxygens (including phenoxy) is 1. The number of fused-ring (bicyclic) bond motifs is 1. The van der Waals surface area contributed by atoms with Crippen LogP contribution < -0.4 is 10.5 Å². The van der Waals surface area contributed by atoms with Crippen LogP contribution in [0.1, 0.15) is 0 Å². The molecule has 1 aromatic carbocycles. The van der Waals surface area contributed by atoms with Gasteiger partial charge in [-0.1, -0.05) is 0 Å². The number of methoxy groups -OCH3 is 1. The number of pyridine rings is 1. The molecule has 2 aromatic heterocycles. The first-order valence-electron chi connectivity index (χ1n) is 5.43. The summed E-state index contributed by atoms with van der Waals surface area (Å²) in [5.74, 6) is 1.34. The Morgan fingerprint density at radius 1 is 1.22 bits per heavy atom. The van der Waals surface area contributed by atoms with Gasteiger partial charge in [-0.2, -0.15) is 0 Å². The molecule has 0 aliphatic rings. The third-order valence-corrected chi connectivity index (χ3v) is 3.69. The number of anilines is 1. The van der Waals surface area contributed by atoms with Crippen LogP contribution in [0.4, 0.5) is 5.82 Å². The van der Waals surface area contributed by atoms with E-state index in [9.17, 15) is 0 Å². The van der Waals surface area contributed by atoms with Crippen LogP contribution >= 0.6 is 11.3 Å². The highest BCUT2D eigenvalue weighted by Crippen LogP contribution is 2.32. The van der Waals surface area contributed by atoms with Gasteiger partial charge in [-0.3, -0.25) is 0 Å². The average Bonchev–Trinajstić information content (AvgIpc) is 2.81. The number of aromatic nitrogens is 2. The molecule has 90 valence electrons. The van der Waals surface area contributed by atoms with Gasteiger partial charge in [0.15, 0.2) is 0 Å². The Bertz CT molecular complexity index is 708. The van der Waals surface area contributed by atoms with Crippen LogP contribution in [0.2, 0.25) is 0 Å². The summed E-state index contributed by atoms with van der Waals surface area (Å²) in [6.07, 6.45) is 1.69. The lowest BCUT2D eigenvalue weighted by Crippen LogP contribution is -1.88. The third kappa shape index (κ3) is 1.89. The Balaban J connectivity index is 2.13. The molecule has 0 aliphatic heterocycles. The van der Waals surface area contributed by atoms with Crippen LogP contribution in [0.25, 0.3) is 20.8 Å². The van der Waals surface area contributed by atoms with E-state index >= 15 is 0 Å². The van der Waals surface area contributed by atoms with E-state index in [-0.39, 0.29) is 0 Å². The van der Waals surface area contributed by atoms with Crippen molar-refractivity contribution in [1.29, 1.82) is 0 Å². The summed E-state index contributed by atoms with van der Waals surface area (Å²) < 4.78 is 6.30. The summed E-state index contributed by atoms with van der Waals surface area (Å²) in [6, 6.07) is 9.59. The zero-order valence-corrected chi connectivity index (χ0v) is 10.6. The van der Waals surface area contributed by atoms with Crippen molar-refractivity contribution in [3.63, 3.8) is 0 Å². The van der Waals surface area contributed by atoms with Crippen LogP contribution in [0, 0.1) is 0 Å². The van der Waals surface area contributed by atoms with Crippen LogP contribution in [-0.4, -0.2) is 17.1 Å². The highest BCUT2D eigenvalue weighted by molar-refractivity contribution is 7.21. The molecule has 3 aromatic rings. The minimum absolute atomic E-state index is 0.504. The molecular weight excluding hydrogens is 246 g/mol. The van der Waals surface area contributed by atoms with E-state index in [1.54, 1.807) is 24.6 Å². The van der Waals surface area contributed by atoms with Crippen molar-refractivity contribution in [2.24, 2.45) is 0 Å². The topological polar surface area (TPSA) is 61.0 Å². The summed E-state index contributed by atoms with van der Waals surface area (Å²) in [7, 11) is 1.66. The van der Waals surface area contributed by atoms with E-state index in [0.29, 0.717) is 5.82 Å². The molecule has 0 aliphatic carbocycles. The zero-order chi connectivity index (χ0) is 12.5. The Kier molecular flexibility index (Phi) is 2.60. The maximum Gasteiger partial charge on any atom is 0.124 e. The molecular formula is C13H11N3OS. The van der Waals surface area contributed by atoms with Crippen LogP contribution in [0.3, 0.4) is 0 Å². The minimum Gasteiger partial charge on any atom is -0.497 e. The van der Waals surface area contributed by atoms with Gasteiger partial charge in [-0.25, -0.2) is 9.97 Å². The Morgan fingerprint density at radius 2 is 2.11 bits per heavy atom. The Hall–Kier alpha value is -2.14. The molecule has 0 saturated carbocycles. The number of nitrogen functional groups attached to an aromatic ring is 1. The SMILES string of the molecule is COc1ccc2nc(-c3ccnc(N)c3)sc2c1. The summed E-state index contributed by atoms with van der Waals surface area (Å²) >= 11 is 1.61. The fourth-order valence-electron chi connectivity index (χ4n) is 1.74. The molecule has 0 radical (unpaired) electrons. The first-order valence-corrected chi connectivity index (χ1v) is 6.24. The van der Waals surface area contributed by atoms with Crippen molar-refractivity contribution >= 4 is 27.4 Å². The van der Waals surface area contributed by atoms with Gasteiger partial charge in [0.1, 0.15) is 16.6 Å². The fraction of sp³-hybridized carbons (Fsp3) is 0.0769. The highest BCUT2D eigenvalue weighted by Gasteiger charge is 2.07. The van der Waals surface area contributed by atoms with Gasteiger partial charge in [-0.05, 0) is 30.3 Å². The van der Waals surface area contributed by atoms with Crippen molar-refractivity contribution < 1.29 is 4.74 Å². The van der Waals surface area contributed by atoms with Gasteiger partial charge in [0.05, 0.1) is 17.3 Å². The lowest BCUT2D eigenvalue weighted by Gasteiger charge is -1.96. The summed E-state index contributed by atoms with van der Waals surface area (Å²) in [4.78, 5) is 8.56. The number of rotatable bonds is 2. The van der Waals surface area contributed by atoms with Crippen molar-refractivity contribution in [1.82, 2.24) is 9.97 Å².